The van der Waals surface area contributed by atoms with Gasteiger partial charge in [0.15, 0.2) is 5.16 Å². The van der Waals surface area contributed by atoms with Crippen molar-refractivity contribution >= 4 is 35.4 Å². The monoisotopic (exact) mass is 419 g/mol. The maximum atomic E-state index is 12.9. The number of amides is 1. The zero-order valence-electron chi connectivity index (χ0n) is 15.5. The molecule has 0 fully saturated rings. The molecule has 0 radical (unpaired) electrons. The van der Waals surface area contributed by atoms with Crippen LogP contribution in [-0.4, -0.2) is 46.1 Å². The third kappa shape index (κ3) is 5.17. The second kappa shape index (κ2) is 9.79. The van der Waals surface area contributed by atoms with Crippen LogP contribution in [0, 0.1) is 0 Å². The van der Waals surface area contributed by atoms with E-state index in [0.29, 0.717) is 16.6 Å². The van der Waals surface area contributed by atoms with E-state index in [9.17, 15) is 14.4 Å². The van der Waals surface area contributed by atoms with Crippen LogP contribution in [0.5, 0.6) is 0 Å². The van der Waals surface area contributed by atoms with Crippen LogP contribution in [0.1, 0.15) is 18.2 Å². The summed E-state index contributed by atoms with van der Waals surface area (Å²) in [4.78, 5) is 41.7. The average molecular weight is 420 g/mol. The fourth-order valence-corrected chi connectivity index (χ4v) is 4.59. The molecule has 148 valence electrons. The first-order valence-electron chi connectivity index (χ1n) is 8.94. The molecule has 3 rings (SSSR count). The maximum absolute atomic E-state index is 12.9. The van der Waals surface area contributed by atoms with E-state index in [2.05, 4.69) is 10.3 Å². The molecule has 2 aromatic rings. The summed E-state index contributed by atoms with van der Waals surface area (Å²) in [6, 6.07) is 9.67. The van der Waals surface area contributed by atoms with Crippen LogP contribution < -0.4 is 10.9 Å². The van der Waals surface area contributed by atoms with Crippen molar-refractivity contribution in [3.8, 4) is 0 Å². The van der Waals surface area contributed by atoms with Crippen molar-refractivity contribution in [1.82, 2.24) is 14.9 Å². The Kier molecular flexibility index (Phi) is 7.16. The number of hydrogen-bond donors (Lipinski definition) is 1. The minimum absolute atomic E-state index is 0.0621. The number of benzene rings is 1. The van der Waals surface area contributed by atoms with Crippen molar-refractivity contribution in [3.63, 3.8) is 0 Å². The number of aromatic nitrogens is 2. The van der Waals surface area contributed by atoms with Gasteiger partial charge in [-0.25, -0.2) is 4.98 Å². The Morgan fingerprint density at radius 3 is 2.86 bits per heavy atom. The second-order valence-corrected chi connectivity index (χ2v) is 8.06. The Hall–Kier alpha value is -2.26. The number of ether oxygens (including phenoxy) is 1. The number of fused-ring (bicyclic) bond motifs is 1. The highest BCUT2D eigenvalue weighted by Gasteiger charge is 2.22. The predicted octanol–water partition coefficient (Wildman–Crippen LogP) is 1.71. The standard InChI is InChI=1S/C19H21N3O4S2/c1-2-26-16(24)10-20-15(23)12-28-19-21-14-8-9-27-17(14)18(25)22(19)11-13-6-4-3-5-7-13/h3-7H,2,8-12H2,1H3,(H,20,23). The van der Waals surface area contributed by atoms with Crippen LogP contribution in [0.4, 0.5) is 0 Å². The predicted molar refractivity (Wildman–Crippen MR) is 109 cm³/mol. The zero-order chi connectivity index (χ0) is 19.9. The highest BCUT2D eigenvalue weighted by atomic mass is 32.2. The molecule has 0 bridgehead atoms. The van der Waals surface area contributed by atoms with Gasteiger partial charge in [-0.2, -0.15) is 0 Å². The molecule has 9 heteroatoms. The smallest absolute Gasteiger partial charge is 0.325 e. The molecule has 0 unspecified atom stereocenters. The number of rotatable bonds is 8. The van der Waals surface area contributed by atoms with E-state index in [1.165, 1.54) is 23.5 Å². The minimum Gasteiger partial charge on any atom is -0.465 e. The third-order valence-electron chi connectivity index (χ3n) is 4.00. The molecule has 1 aliphatic rings. The summed E-state index contributed by atoms with van der Waals surface area (Å²) in [5, 5.41) is 3.04. The van der Waals surface area contributed by atoms with E-state index < -0.39 is 5.97 Å². The molecule has 0 saturated heterocycles. The van der Waals surface area contributed by atoms with Crippen LogP contribution in [0.2, 0.25) is 0 Å². The largest absolute Gasteiger partial charge is 0.465 e. The Morgan fingerprint density at radius 2 is 2.11 bits per heavy atom. The summed E-state index contributed by atoms with van der Waals surface area (Å²) in [6.07, 6.45) is 0.754. The van der Waals surface area contributed by atoms with Crippen LogP contribution in [0.15, 0.2) is 45.2 Å². The van der Waals surface area contributed by atoms with Gasteiger partial charge in [0.1, 0.15) is 6.54 Å². The molecular weight excluding hydrogens is 398 g/mol. The van der Waals surface area contributed by atoms with E-state index in [1.807, 2.05) is 30.3 Å². The molecule has 0 spiro atoms. The molecule has 28 heavy (non-hydrogen) atoms. The van der Waals surface area contributed by atoms with Crippen LogP contribution in [0.25, 0.3) is 0 Å². The molecule has 7 nitrogen and oxygen atoms in total. The van der Waals surface area contributed by atoms with E-state index in [-0.39, 0.29) is 30.4 Å². The highest BCUT2D eigenvalue weighted by molar-refractivity contribution is 8.00. The maximum Gasteiger partial charge on any atom is 0.325 e. The Morgan fingerprint density at radius 1 is 1.32 bits per heavy atom. The van der Waals surface area contributed by atoms with E-state index in [4.69, 9.17) is 4.74 Å². The van der Waals surface area contributed by atoms with Gasteiger partial charge in [0.05, 0.1) is 29.5 Å². The van der Waals surface area contributed by atoms with Gasteiger partial charge in [0.2, 0.25) is 5.91 Å². The van der Waals surface area contributed by atoms with E-state index >= 15 is 0 Å². The summed E-state index contributed by atoms with van der Waals surface area (Å²) >= 11 is 2.73. The first-order chi connectivity index (χ1) is 13.6. The zero-order valence-corrected chi connectivity index (χ0v) is 17.1. The molecule has 1 aliphatic heterocycles. The normalized spacial score (nSPS) is 12.5. The van der Waals surface area contributed by atoms with Gasteiger partial charge in [-0.3, -0.25) is 19.0 Å². The van der Waals surface area contributed by atoms with Crippen molar-refractivity contribution in [2.24, 2.45) is 0 Å². The van der Waals surface area contributed by atoms with Crippen LogP contribution in [0.3, 0.4) is 0 Å². The second-order valence-electron chi connectivity index (χ2n) is 6.02. The number of nitrogens with zero attached hydrogens (tertiary/aromatic N) is 2. The molecule has 0 aliphatic carbocycles. The molecule has 0 saturated carbocycles. The number of hydrogen-bond acceptors (Lipinski definition) is 7. The lowest BCUT2D eigenvalue weighted by Crippen LogP contribution is -2.32. The van der Waals surface area contributed by atoms with Crippen LogP contribution in [-0.2, 0) is 27.3 Å². The summed E-state index contributed by atoms with van der Waals surface area (Å²) < 4.78 is 6.41. The van der Waals surface area contributed by atoms with Crippen LogP contribution >= 0.6 is 23.5 Å². The molecule has 1 aromatic heterocycles. The van der Waals surface area contributed by atoms with E-state index in [0.717, 1.165) is 23.4 Å². The molecule has 1 amide bonds. The van der Waals surface area contributed by atoms with Gasteiger partial charge in [0, 0.05) is 12.2 Å². The topological polar surface area (TPSA) is 90.3 Å². The molecule has 0 atom stereocenters. The van der Waals surface area contributed by atoms with Gasteiger partial charge < -0.3 is 10.1 Å². The minimum atomic E-state index is -0.477. The Labute approximate surface area is 171 Å². The summed E-state index contributed by atoms with van der Waals surface area (Å²) in [5.41, 5.74) is 1.72. The lowest BCUT2D eigenvalue weighted by atomic mass is 10.2. The van der Waals surface area contributed by atoms with E-state index in [1.54, 1.807) is 11.5 Å². The Bertz CT molecular complexity index is 915. The number of carbonyl (C=O) groups excluding carboxylic acids is 2. The average Bonchev–Trinajstić information content (AvgIpc) is 3.17. The first kappa shape index (κ1) is 20.5. The fraction of sp³-hybridized carbons (Fsp3) is 0.368. The van der Waals surface area contributed by atoms with Crippen molar-refractivity contribution in [1.29, 1.82) is 0 Å². The lowest BCUT2D eigenvalue weighted by Gasteiger charge is -2.13. The van der Waals surface area contributed by atoms with Crippen molar-refractivity contribution < 1.29 is 14.3 Å². The van der Waals surface area contributed by atoms with Gasteiger partial charge in [0.25, 0.3) is 5.56 Å². The van der Waals surface area contributed by atoms with Crippen molar-refractivity contribution in [2.45, 2.75) is 29.9 Å². The van der Waals surface area contributed by atoms with Gasteiger partial charge in [-0.15, -0.1) is 11.8 Å². The fourth-order valence-electron chi connectivity index (χ4n) is 2.70. The number of carbonyl (C=O) groups is 2. The number of esters is 1. The molecule has 1 N–H and O–H groups in total. The lowest BCUT2D eigenvalue weighted by molar-refractivity contribution is -0.143. The number of thioether (sulfide) groups is 2. The summed E-state index contributed by atoms with van der Waals surface area (Å²) in [5.74, 6) is 0.117. The number of nitrogens with one attached hydrogen (secondary N) is 1. The molecule has 1 aromatic carbocycles. The van der Waals surface area contributed by atoms with Crippen molar-refractivity contribution in [2.75, 3.05) is 24.7 Å². The summed E-state index contributed by atoms with van der Waals surface area (Å²) in [6.45, 7) is 2.21. The third-order valence-corrected chi connectivity index (χ3v) is 6.08. The Balaban J connectivity index is 1.74. The van der Waals surface area contributed by atoms with Gasteiger partial charge >= 0.3 is 5.97 Å². The van der Waals surface area contributed by atoms with Gasteiger partial charge in [-0.1, -0.05) is 42.1 Å². The quantitative estimate of drug-likeness (QED) is 0.396. The first-order valence-corrected chi connectivity index (χ1v) is 10.9. The highest BCUT2D eigenvalue weighted by Crippen LogP contribution is 2.28. The SMILES string of the molecule is CCOC(=O)CNC(=O)CSc1nc2c(c(=O)n1Cc1ccccc1)SCC2. The summed E-state index contributed by atoms with van der Waals surface area (Å²) in [7, 11) is 0. The van der Waals surface area contributed by atoms with Crippen molar-refractivity contribution in [3.05, 3.63) is 51.9 Å². The molecule has 2 heterocycles. The molecular formula is C19H21N3O4S2. The number of aryl methyl sites for hydroxylation is 1. The van der Waals surface area contributed by atoms with Gasteiger partial charge in [-0.05, 0) is 12.5 Å².